The highest BCUT2D eigenvalue weighted by molar-refractivity contribution is 5.96. The van der Waals surface area contributed by atoms with Crippen LogP contribution in [0.3, 0.4) is 0 Å². The van der Waals surface area contributed by atoms with Crippen molar-refractivity contribution >= 4 is 11.6 Å². The molecular weight excluding hydrogens is 379 g/mol. The van der Waals surface area contributed by atoms with Gasteiger partial charge in [0.05, 0.1) is 17.0 Å². The lowest BCUT2D eigenvalue weighted by Crippen LogP contribution is -2.26. The van der Waals surface area contributed by atoms with Gasteiger partial charge in [-0.1, -0.05) is 56.3 Å². The van der Waals surface area contributed by atoms with Crippen molar-refractivity contribution in [1.82, 2.24) is 19.9 Å². The molecular formula is C24H23FN4O. The van der Waals surface area contributed by atoms with Gasteiger partial charge in [-0.15, -0.1) is 0 Å². The van der Waals surface area contributed by atoms with Crippen LogP contribution in [-0.2, 0) is 6.54 Å². The van der Waals surface area contributed by atoms with Gasteiger partial charge in [0, 0.05) is 18.3 Å². The van der Waals surface area contributed by atoms with Crippen LogP contribution in [0.15, 0.2) is 60.8 Å². The third kappa shape index (κ3) is 3.68. The summed E-state index contributed by atoms with van der Waals surface area (Å²) in [7, 11) is 0. The van der Waals surface area contributed by atoms with E-state index in [1.165, 1.54) is 12.1 Å². The van der Waals surface area contributed by atoms with Gasteiger partial charge < -0.3 is 5.32 Å². The molecule has 4 aromatic rings. The molecule has 2 heterocycles. The average molecular weight is 402 g/mol. The summed E-state index contributed by atoms with van der Waals surface area (Å²) in [4.78, 5) is 17.5. The van der Waals surface area contributed by atoms with Crippen LogP contribution in [0, 0.1) is 12.7 Å². The predicted molar refractivity (Wildman–Crippen MR) is 115 cm³/mol. The third-order valence-electron chi connectivity index (χ3n) is 5.08. The predicted octanol–water partition coefficient (Wildman–Crippen LogP) is 4.90. The van der Waals surface area contributed by atoms with Crippen LogP contribution in [0.4, 0.5) is 4.39 Å². The molecule has 0 unspecified atom stereocenters. The van der Waals surface area contributed by atoms with E-state index >= 15 is 0 Å². The SMILES string of the molecule is Cc1nn2c(C(C)C)c(C(=O)NCc3ccc(F)cc3)cnc2c1-c1ccccc1. The van der Waals surface area contributed by atoms with Crippen molar-refractivity contribution in [2.75, 3.05) is 0 Å². The molecule has 0 fully saturated rings. The molecule has 0 atom stereocenters. The number of carbonyl (C=O) groups excluding carboxylic acids is 1. The number of carbonyl (C=O) groups is 1. The average Bonchev–Trinajstić information content (AvgIpc) is 3.08. The Morgan fingerprint density at radius 2 is 1.80 bits per heavy atom. The molecule has 1 N–H and O–H groups in total. The Bertz CT molecular complexity index is 1200. The van der Waals surface area contributed by atoms with E-state index in [2.05, 4.69) is 10.3 Å². The van der Waals surface area contributed by atoms with Crippen molar-refractivity contribution in [3.8, 4) is 11.1 Å². The molecule has 152 valence electrons. The van der Waals surface area contributed by atoms with E-state index in [-0.39, 0.29) is 17.6 Å². The van der Waals surface area contributed by atoms with Gasteiger partial charge in [-0.25, -0.2) is 13.9 Å². The molecule has 2 aromatic heterocycles. The maximum atomic E-state index is 13.1. The topological polar surface area (TPSA) is 59.3 Å². The largest absolute Gasteiger partial charge is 0.348 e. The molecule has 30 heavy (non-hydrogen) atoms. The van der Waals surface area contributed by atoms with Gasteiger partial charge in [0.1, 0.15) is 5.82 Å². The maximum absolute atomic E-state index is 13.1. The van der Waals surface area contributed by atoms with Crippen LogP contribution >= 0.6 is 0 Å². The second kappa shape index (κ2) is 8.06. The quantitative estimate of drug-likeness (QED) is 0.517. The van der Waals surface area contributed by atoms with E-state index in [9.17, 15) is 9.18 Å². The highest BCUT2D eigenvalue weighted by atomic mass is 19.1. The van der Waals surface area contributed by atoms with E-state index in [1.54, 1.807) is 22.8 Å². The number of aromatic nitrogens is 3. The number of aryl methyl sites for hydroxylation is 1. The first-order valence-electron chi connectivity index (χ1n) is 9.92. The first-order valence-corrected chi connectivity index (χ1v) is 9.92. The van der Waals surface area contributed by atoms with Gasteiger partial charge in [0.2, 0.25) is 0 Å². The Morgan fingerprint density at radius 3 is 2.47 bits per heavy atom. The lowest BCUT2D eigenvalue weighted by atomic mass is 10.0. The molecule has 0 spiro atoms. The molecule has 0 bridgehead atoms. The first kappa shape index (κ1) is 19.8. The molecule has 0 radical (unpaired) electrons. The minimum Gasteiger partial charge on any atom is -0.348 e. The van der Waals surface area contributed by atoms with Crippen LogP contribution in [0.2, 0.25) is 0 Å². The second-order valence-corrected chi connectivity index (χ2v) is 7.58. The van der Waals surface area contributed by atoms with Crippen LogP contribution in [-0.4, -0.2) is 20.5 Å². The summed E-state index contributed by atoms with van der Waals surface area (Å²) >= 11 is 0. The Balaban J connectivity index is 1.73. The Morgan fingerprint density at radius 1 is 1.10 bits per heavy atom. The summed E-state index contributed by atoms with van der Waals surface area (Å²) in [6, 6.07) is 16.1. The zero-order valence-electron chi connectivity index (χ0n) is 17.2. The van der Waals surface area contributed by atoms with Gasteiger partial charge in [0.15, 0.2) is 5.65 Å². The van der Waals surface area contributed by atoms with Crippen molar-refractivity contribution < 1.29 is 9.18 Å². The number of hydrogen-bond donors (Lipinski definition) is 1. The Kier molecular flexibility index (Phi) is 5.31. The molecule has 0 saturated carbocycles. The van der Waals surface area contributed by atoms with E-state index in [0.717, 1.165) is 33.7 Å². The number of nitrogens with one attached hydrogen (secondary N) is 1. The standard InChI is InChI=1S/C24H23FN4O/c1-15(2)22-20(24(30)27-13-17-9-11-19(25)12-10-17)14-26-23-21(16(3)28-29(22)23)18-7-5-4-6-8-18/h4-12,14-15H,13H2,1-3H3,(H,27,30). The lowest BCUT2D eigenvalue weighted by Gasteiger charge is -2.14. The molecule has 4 rings (SSSR count). The molecule has 0 saturated heterocycles. The maximum Gasteiger partial charge on any atom is 0.254 e. The van der Waals surface area contributed by atoms with E-state index in [4.69, 9.17) is 5.10 Å². The number of fused-ring (bicyclic) bond motifs is 1. The number of halogens is 1. The number of amides is 1. The highest BCUT2D eigenvalue weighted by Crippen LogP contribution is 2.30. The smallest absolute Gasteiger partial charge is 0.254 e. The fourth-order valence-corrected chi connectivity index (χ4v) is 3.66. The fourth-order valence-electron chi connectivity index (χ4n) is 3.66. The normalized spacial score (nSPS) is 11.2. The van der Waals surface area contributed by atoms with Gasteiger partial charge in [-0.3, -0.25) is 4.79 Å². The van der Waals surface area contributed by atoms with Crippen LogP contribution < -0.4 is 5.32 Å². The molecule has 0 aliphatic carbocycles. The van der Waals surface area contributed by atoms with Gasteiger partial charge in [-0.2, -0.15) is 5.10 Å². The van der Waals surface area contributed by atoms with Crippen LogP contribution in [0.1, 0.15) is 47.1 Å². The first-order chi connectivity index (χ1) is 14.5. The molecule has 0 aliphatic heterocycles. The number of hydrogen-bond acceptors (Lipinski definition) is 3. The summed E-state index contributed by atoms with van der Waals surface area (Å²) in [5.41, 5.74) is 5.73. The summed E-state index contributed by atoms with van der Waals surface area (Å²) in [6.07, 6.45) is 1.62. The minimum atomic E-state index is -0.301. The van der Waals surface area contributed by atoms with Crippen molar-refractivity contribution in [2.24, 2.45) is 0 Å². The summed E-state index contributed by atoms with van der Waals surface area (Å²) in [5.74, 6) is -0.470. The number of benzene rings is 2. The Hall–Kier alpha value is -3.54. The lowest BCUT2D eigenvalue weighted by molar-refractivity contribution is 0.0948. The summed E-state index contributed by atoms with van der Waals surface area (Å²) in [6.45, 7) is 6.33. The van der Waals surface area contributed by atoms with E-state index in [0.29, 0.717) is 12.1 Å². The van der Waals surface area contributed by atoms with Crippen molar-refractivity contribution in [3.63, 3.8) is 0 Å². The molecule has 5 nitrogen and oxygen atoms in total. The second-order valence-electron chi connectivity index (χ2n) is 7.58. The van der Waals surface area contributed by atoms with Crippen molar-refractivity contribution in [2.45, 2.75) is 33.2 Å². The van der Waals surface area contributed by atoms with Gasteiger partial charge in [-0.05, 0) is 36.1 Å². The third-order valence-corrected chi connectivity index (χ3v) is 5.08. The fraction of sp³-hybridized carbons (Fsp3) is 0.208. The van der Waals surface area contributed by atoms with E-state index < -0.39 is 0 Å². The molecule has 2 aromatic carbocycles. The van der Waals surface area contributed by atoms with Crippen molar-refractivity contribution in [3.05, 3.63) is 89.1 Å². The number of rotatable bonds is 5. The monoisotopic (exact) mass is 402 g/mol. The van der Waals surface area contributed by atoms with Crippen LogP contribution in [0.5, 0.6) is 0 Å². The van der Waals surface area contributed by atoms with E-state index in [1.807, 2.05) is 51.1 Å². The zero-order chi connectivity index (χ0) is 21.3. The Labute approximate surface area is 174 Å². The van der Waals surface area contributed by atoms with Crippen LogP contribution in [0.25, 0.3) is 16.8 Å². The van der Waals surface area contributed by atoms with Gasteiger partial charge >= 0.3 is 0 Å². The molecule has 1 amide bonds. The summed E-state index contributed by atoms with van der Waals surface area (Å²) in [5, 5.41) is 7.62. The highest BCUT2D eigenvalue weighted by Gasteiger charge is 2.22. The minimum absolute atomic E-state index is 0.0602. The summed E-state index contributed by atoms with van der Waals surface area (Å²) < 4.78 is 14.9. The molecule has 0 aliphatic rings. The van der Waals surface area contributed by atoms with Crippen molar-refractivity contribution in [1.29, 1.82) is 0 Å². The molecule has 6 heteroatoms. The van der Waals surface area contributed by atoms with Gasteiger partial charge in [0.25, 0.3) is 5.91 Å². The number of nitrogens with zero attached hydrogens (tertiary/aromatic N) is 3. The zero-order valence-corrected chi connectivity index (χ0v) is 17.2.